The molecule has 39 heavy (non-hydrogen) atoms. The Morgan fingerprint density at radius 3 is 2.67 bits per heavy atom. The number of benzene rings is 2. The van der Waals surface area contributed by atoms with Crippen LogP contribution in [-0.4, -0.2) is 76.1 Å². The highest BCUT2D eigenvalue weighted by molar-refractivity contribution is 7.23. The number of fused-ring (bicyclic) bond motifs is 3. The minimum atomic E-state index is -0.985. The van der Waals surface area contributed by atoms with Crippen LogP contribution in [0, 0.1) is 5.82 Å². The van der Waals surface area contributed by atoms with E-state index in [0.717, 1.165) is 42.6 Å². The van der Waals surface area contributed by atoms with E-state index in [4.69, 9.17) is 4.74 Å². The van der Waals surface area contributed by atoms with Crippen LogP contribution < -0.4 is 10.1 Å². The molecule has 1 atom stereocenters. The second-order valence-electron chi connectivity index (χ2n) is 10.3. The molecule has 0 bridgehead atoms. The Hall–Kier alpha value is -3.70. The second kappa shape index (κ2) is 10.1. The van der Waals surface area contributed by atoms with Crippen molar-refractivity contribution in [2.24, 2.45) is 0 Å². The van der Waals surface area contributed by atoms with Gasteiger partial charge in [-0.05, 0) is 69.6 Å². The fraction of sp³-hybridized carbons (Fsp3) is 0.393. The van der Waals surface area contributed by atoms with Crippen LogP contribution in [0.4, 0.5) is 9.18 Å². The predicted molar refractivity (Wildman–Crippen MR) is 147 cm³/mol. The van der Waals surface area contributed by atoms with Crippen LogP contribution in [0.1, 0.15) is 47.6 Å². The van der Waals surface area contributed by atoms with Crippen molar-refractivity contribution in [2.45, 2.75) is 37.8 Å². The molecule has 4 heterocycles. The first kappa shape index (κ1) is 25.6. The molecule has 9 nitrogen and oxygen atoms in total. The first-order valence-electron chi connectivity index (χ1n) is 13.1. The highest BCUT2D eigenvalue weighted by Gasteiger charge is 2.30. The summed E-state index contributed by atoms with van der Waals surface area (Å²) in [7, 11) is 3.63. The Bertz CT molecular complexity index is 1580. The molecule has 2 amide bonds. The second-order valence-corrected chi connectivity index (χ2v) is 11.3. The van der Waals surface area contributed by atoms with Crippen molar-refractivity contribution in [3.05, 3.63) is 53.5 Å². The molecule has 2 aliphatic heterocycles. The lowest BCUT2D eigenvalue weighted by atomic mass is 10.0. The molecule has 0 aliphatic carbocycles. The number of halogens is 1. The average Bonchev–Trinajstić information content (AvgIpc) is 3.64. The van der Waals surface area contributed by atoms with Crippen molar-refractivity contribution in [3.8, 4) is 17.0 Å². The van der Waals surface area contributed by atoms with Crippen LogP contribution in [0.25, 0.3) is 26.4 Å². The summed E-state index contributed by atoms with van der Waals surface area (Å²) in [5, 5.41) is 12.6. The summed E-state index contributed by atoms with van der Waals surface area (Å²) in [6.45, 7) is 2.37. The van der Waals surface area contributed by atoms with Gasteiger partial charge in [0.05, 0.1) is 34.6 Å². The highest BCUT2D eigenvalue weighted by atomic mass is 32.1. The summed E-state index contributed by atoms with van der Waals surface area (Å²) >= 11 is 1.42. The van der Waals surface area contributed by atoms with E-state index in [1.807, 2.05) is 16.5 Å². The molecule has 204 valence electrons. The maximum Gasteiger partial charge on any atom is 0.407 e. The number of hydrogen-bond acceptors (Lipinski definition) is 6. The topological polar surface area (TPSA) is 99.4 Å². The summed E-state index contributed by atoms with van der Waals surface area (Å²) in [4.78, 5) is 33.6. The van der Waals surface area contributed by atoms with E-state index >= 15 is 4.39 Å². The van der Waals surface area contributed by atoms with Gasteiger partial charge in [0.25, 0.3) is 5.91 Å². The number of rotatable bonds is 5. The number of carbonyl (C=O) groups excluding carboxylic acids is 1. The Balaban J connectivity index is 1.29. The minimum Gasteiger partial charge on any atom is -0.496 e. The number of piperidine rings is 1. The molecule has 2 fully saturated rings. The van der Waals surface area contributed by atoms with E-state index < -0.39 is 11.9 Å². The van der Waals surface area contributed by atoms with Gasteiger partial charge in [-0.15, -0.1) is 0 Å². The number of carbonyl (C=O) groups is 2. The minimum absolute atomic E-state index is 0.138. The van der Waals surface area contributed by atoms with E-state index in [9.17, 15) is 14.7 Å². The molecule has 0 spiro atoms. The van der Waals surface area contributed by atoms with Gasteiger partial charge in [-0.2, -0.15) is 0 Å². The molecule has 0 unspecified atom stereocenters. The number of nitrogens with one attached hydrogen (secondary N) is 1. The molecule has 2 aromatic heterocycles. The standard InChI is InChI=1S/C28H30FN5O4S/c1-32-10-7-17(8-11-32)30-26(35)19-13-25-23(14-24(19)38-2)34-15-21(31-27(34)39-25)18-6-5-16(12-20(18)29)22-4-3-9-33(22)28(36)37/h5-6,12-15,17,22H,3-4,7-11H2,1-2H3,(H,30,35)(H,36,37)/t22-/m0/s1. The number of amides is 2. The highest BCUT2D eigenvalue weighted by Crippen LogP contribution is 2.37. The summed E-state index contributed by atoms with van der Waals surface area (Å²) < 4.78 is 23.6. The quantitative estimate of drug-likeness (QED) is 0.362. The van der Waals surface area contributed by atoms with Crippen LogP contribution >= 0.6 is 11.3 Å². The number of likely N-dealkylation sites (tertiary alicyclic amines) is 2. The molecule has 11 heteroatoms. The van der Waals surface area contributed by atoms with E-state index in [1.165, 1.54) is 22.3 Å². The molecule has 2 N–H and O–H groups in total. The third-order valence-corrected chi connectivity index (χ3v) is 8.88. The van der Waals surface area contributed by atoms with Crippen LogP contribution in [0.5, 0.6) is 5.75 Å². The van der Waals surface area contributed by atoms with Crippen LogP contribution in [0.2, 0.25) is 0 Å². The number of methoxy groups -OCH3 is 1. The number of ether oxygens (including phenoxy) is 1. The molecule has 2 aromatic carbocycles. The zero-order valence-corrected chi connectivity index (χ0v) is 22.6. The van der Waals surface area contributed by atoms with Crippen molar-refractivity contribution in [1.29, 1.82) is 0 Å². The molecule has 4 aromatic rings. The maximum atomic E-state index is 15.3. The molecule has 2 saturated heterocycles. The number of carboxylic acid groups (broad SMARTS) is 1. The molecule has 0 radical (unpaired) electrons. The van der Waals surface area contributed by atoms with Gasteiger partial charge in [-0.3, -0.25) is 9.20 Å². The predicted octanol–water partition coefficient (Wildman–Crippen LogP) is 5.00. The number of nitrogens with zero attached hydrogens (tertiary/aromatic N) is 4. The van der Waals surface area contributed by atoms with Gasteiger partial charge in [-0.25, -0.2) is 14.2 Å². The van der Waals surface area contributed by atoms with Gasteiger partial charge >= 0.3 is 6.09 Å². The summed E-state index contributed by atoms with van der Waals surface area (Å²) in [5.74, 6) is -0.121. The lowest BCUT2D eigenvalue weighted by Gasteiger charge is -2.29. The zero-order valence-electron chi connectivity index (χ0n) is 21.8. The normalized spacial score (nSPS) is 18.7. The fourth-order valence-electron chi connectivity index (χ4n) is 5.71. The molecular formula is C28H30FN5O4S. The first-order valence-corrected chi connectivity index (χ1v) is 13.9. The van der Waals surface area contributed by atoms with Crippen molar-refractivity contribution in [2.75, 3.05) is 33.8 Å². The fourth-order valence-corrected chi connectivity index (χ4v) is 6.73. The molecule has 6 rings (SSSR count). The number of thiazole rings is 1. The number of imidazole rings is 1. The van der Waals surface area contributed by atoms with E-state index in [0.29, 0.717) is 46.1 Å². The van der Waals surface area contributed by atoms with Crippen LogP contribution in [-0.2, 0) is 0 Å². The van der Waals surface area contributed by atoms with E-state index in [2.05, 4.69) is 22.2 Å². The summed E-state index contributed by atoms with van der Waals surface area (Å²) in [6.07, 6.45) is 4.06. The summed E-state index contributed by atoms with van der Waals surface area (Å²) in [6, 6.07) is 8.35. The molecular weight excluding hydrogens is 521 g/mol. The van der Waals surface area contributed by atoms with Crippen molar-refractivity contribution >= 4 is 38.5 Å². The number of hydrogen-bond donors (Lipinski definition) is 2. The monoisotopic (exact) mass is 551 g/mol. The Morgan fingerprint density at radius 1 is 1.15 bits per heavy atom. The van der Waals surface area contributed by atoms with Crippen molar-refractivity contribution in [3.63, 3.8) is 0 Å². The van der Waals surface area contributed by atoms with Gasteiger partial charge < -0.3 is 25.0 Å². The smallest absolute Gasteiger partial charge is 0.407 e. The van der Waals surface area contributed by atoms with Crippen molar-refractivity contribution in [1.82, 2.24) is 24.5 Å². The average molecular weight is 552 g/mol. The number of aromatic nitrogens is 2. The summed E-state index contributed by atoms with van der Waals surface area (Å²) in [5.41, 5.74) is 2.79. The Morgan fingerprint density at radius 2 is 1.95 bits per heavy atom. The van der Waals surface area contributed by atoms with Crippen LogP contribution in [0.3, 0.4) is 0 Å². The van der Waals surface area contributed by atoms with Crippen LogP contribution in [0.15, 0.2) is 36.5 Å². The first-order chi connectivity index (χ1) is 18.8. The lowest BCUT2D eigenvalue weighted by Crippen LogP contribution is -2.43. The van der Waals surface area contributed by atoms with Gasteiger partial charge in [0.2, 0.25) is 0 Å². The molecule has 0 saturated carbocycles. The largest absolute Gasteiger partial charge is 0.496 e. The van der Waals surface area contributed by atoms with Gasteiger partial charge in [0, 0.05) is 30.4 Å². The maximum absolute atomic E-state index is 15.3. The third kappa shape index (κ3) is 4.70. The molecule has 2 aliphatic rings. The lowest BCUT2D eigenvalue weighted by molar-refractivity contribution is 0.0914. The SMILES string of the molecule is COc1cc2c(cc1C(=O)NC1CCN(C)CC1)sc1nc(-c3ccc([C@@H]4CCCN4C(=O)O)cc3F)cn12. The van der Waals surface area contributed by atoms with Crippen molar-refractivity contribution < 1.29 is 23.8 Å². The third-order valence-electron chi connectivity index (χ3n) is 7.87. The van der Waals surface area contributed by atoms with Gasteiger partial charge in [0.15, 0.2) is 4.96 Å². The van der Waals surface area contributed by atoms with Gasteiger partial charge in [-0.1, -0.05) is 17.4 Å². The van der Waals surface area contributed by atoms with E-state index in [-0.39, 0.29) is 18.0 Å². The zero-order chi connectivity index (χ0) is 27.3. The van der Waals surface area contributed by atoms with Gasteiger partial charge in [0.1, 0.15) is 11.6 Å². The Labute approximate surface area is 228 Å². The Kier molecular flexibility index (Phi) is 6.64. The van der Waals surface area contributed by atoms with E-state index in [1.54, 1.807) is 25.4 Å².